The minimum Gasteiger partial charge on any atom is -0.493 e. The van der Waals surface area contributed by atoms with Gasteiger partial charge >= 0.3 is 11.9 Å². The van der Waals surface area contributed by atoms with Crippen molar-refractivity contribution in [1.29, 1.82) is 0 Å². The molecule has 144 valence electrons. The zero-order valence-electron chi connectivity index (χ0n) is 15.2. The van der Waals surface area contributed by atoms with Crippen molar-refractivity contribution in [3.05, 3.63) is 74.3 Å². The average Bonchev–Trinajstić information content (AvgIpc) is 2.69. The molecular weight excluding hydrogens is 348 g/mol. The Bertz CT molecular complexity index is 675. The van der Waals surface area contributed by atoms with E-state index >= 15 is 0 Å². The first-order chi connectivity index (χ1) is 13.2. The first-order valence-corrected chi connectivity index (χ1v) is 8.47. The first kappa shape index (κ1) is 21.8. The minimum absolute atomic E-state index is 0.444. The van der Waals surface area contributed by atoms with Crippen LogP contribution in [0.15, 0.2) is 74.3 Å². The molecule has 0 amide bonds. The monoisotopic (exact) mass is 372 g/mol. The molecule has 0 bridgehead atoms. The van der Waals surface area contributed by atoms with Crippen LogP contribution in [0.5, 0.6) is 11.5 Å². The molecule has 0 fully saturated rings. The number of esters is 2. The summed E-state index contributed by atoms with van der Waals surface area (Å²) in [7, 11) is 0. The highest BCUT2D eigenvalue weighted by atomic mass is 16.5. The van der Waals surface area contributed by atoms with Crippen molar-refractivity contribution >= 4 is 11.9 Å². The van der Waals surface area contributed by atoms with Crippen molar-refractivity contribution in [2.75, 3.05) is 13.2 Å². The number of allylic oxidation sites excluding steroid dienone is 1. The Hall–Kier alpha value is -3.28. The van der Waals surface area contributed by atoms with Crippen LogP contribution in [0.4, 0.5) is 0 Å². The van der Waals surface area contributed by atoms with E-state index in [2.05, 4.69) is 13.2 Å². The van der Waals surface area contributed by atoms with E-state index in [0.717, 1.165) is 25.0 Å². The van der Waals surface area contributed by atoms with Crippen LogP contribution in [0, 0.1) is 0 Å². The van der Waals surface area contributed by atoms with Crippen molar-refractivity contribution in [1.82, 2.24) is 0 Å². The molecule has 6 heteroatoms. The van der Waals surface area contributed by atoms with E-state index in [1.165, 1.54) is 12.5 Å². The SMILES string of the molecule is C=CC(=O)O/C=C/CCCOc1cccc(OCC/C=C/OC(=O)C=C)c1. The standard InChI is InChI=1S/C21H24O6/c1-3-20(22)26-15-7-5-6-13-24-18-11-10-12-19(17-18)25-14-8-9-16-27-21(23)4-2/h3-4,7,9-12,15-17H,1-2,5-6,8,13-14H2/b15-7+,16-9+. The summed E-state index contributed by atoms with van der Waals surface area (Å²) in [5.41, 5.74) is 0. The van der Waals surface area contributed by atoms with E-state index in [-0.39, 0.29) is 0 Å². The number of benzene rings is 1. The Kier molecular flexibility index (Phi) is 11.2. The maximum atomic E-state index is 10.8. The topological polar surface area (TPSA) is 71.1 Å². The van der Waals surface area contributed by atoms with Crippen LogP contribution < -0.4 is 9.47 Å². The smallest absolute Gasteiger partial charge is 0.334 e. The van der Waals surface area contributed by atoms with Gasteiger partial charge in [0.15, 0.2) is 0 Å². The molecule has 6 nitrogen and oxygen atoms in total. The first-order valence-electron chi connectivity index (χ1n) is 8.47. The Morgan fingerprint density at radius 2 is 1.41 bits per heavy atom. The van der Waals surface area contributed by atoms with E-state index in [9.17, 15) is 9.59 Å². The molecule has 0 aliphatic rings. The summed E-state index contributed by atoms with van der Waals surface area (Å²) in [5.74, 6) is 0.433. The minimum atomic E-state index is -0.495. The van der Waals surface area contributed by atoms with Crippen LogP contribution in [0.2, 0.25) is 0 Å². The van der Waals surface area contributed by atoms with Gasteiger partial charge in [0.05, 0.1) is 25.7 Å². The summed E-state index contributed by atoms with van der Waals surface area (Å²) in [5, 5.41) is 0. The van der Waals surface area contributed by atoms with Crippen molar-refractivity contribution < 1.29 is 28.5 Å². The van der Waals surface area contributed by atoms with Gasteiger partial charge in [-0.05, 0) is 37.1 Å². The lowest BCUT2D eigenvalue weighted by Crippen LogP contribution is -1.99. The van der Waals surface area contributed by atoms with Gasteiger partial charge < -0.3 is 18.9 Å². The maximum Gasteiger partial charge on any atom is 0.334 e. The van der Waals surface area contributed by atoms with Gasteiger partial charge in [-0.1, -0.05) is 19.2 Å². The molecular formula is C21H24O6. The molecule has 0 atom stereocenters. The van der Waals surface area contributed by atoms with E-state index in [0.29, 0.717) is 31.1 Å². The third-order valence-corrected chi connectivity index (χ3v) is 3.04. The molecule has 0 saturated carbocycles. The molecule has 0 aliphatic heterocycles. The predicted octanol–water partition coefficient (Wildman–Crippen LogP) is 4.10. The quantitative estimate of drug-likeness (QED) is 0.225. The number of hydrogen-bond donors (Lipinski definition) is 0. The molecule has 0 aliphatic carbocycles. The van der Waals surface area contributed by atoms with Crippen molar-refractivity contribution in [3.63, 3.8) is 0 Å². The highest BCUT2D eigenvalue weighted by molar-refractivity contribution is 5.81. The average molecular weight is 372 g/mol. The normalized spacial score (nSPS) is 10.5. The van der Waals surface area contributed by atoms with Gasteiger partial charge in [0.1, 0.15) is 11.5 Å². The van der Waals surface area contributed by atoms with Crippen LogP contribution in [-0.2, 0) is 19.1 Å². The summed E-state index contributed by atoms with van der Waals surface area (Å²) in [6.07, 6.45) is 10.4. The fourth-order valence-corrected chi connectivity index (χ4v) is 1.75. The number of unbranched alkanes of at least 4 members (excludes halogenated alkanes) is 1. The molecule has 27 heavy (non-hydrogen) atoms. The zero-order chi connectivity index (χ0) is 19.7. The van der Waals surface area contributed by atoms with Crippen molar-refractivity contribution in [2.45, 2.75) is 19.3 Å². The van der Waals surface area contributed by atoms with Crippen molar-refractivity contribution in [2.24, 2.45) is 0 Å². The Morgan fingerprint density at radius 1 is 0.852 bits per heavy atom. The second kappa shape index (κ2) is 13.9. The Morgan fingerprint density at radius 3 is 2.00 bits per heavy atom. The lowest BCUT2D eigenvalue weighted by Gasteiger charge is -2.08. The summed E-state index contributed by atoms with van der Waals surface area (Å²) in [6.45, 7) is 7.58. The third kappa shape index (κ3) is 11.0. The molecule has 1 aromatic carbocycles. The molecule has 0 spiro atoms. The Balaban J connectivity index is 2.21. The highest BCUT2D eigenvalue weighted by Gasteiger charge is 1.98. The van der Waals surface area contributed by atoms with Crippen LogP contribution in [0.3, 0.4) is 0 Å². The largest absolute Gasteiger partial charge is 0.493 e. The van der Waals surface area contributed by atoms with Crippen molar-refractivity contribution in [3.8, 4) is 11.5 Å². The molecule has 0 unspecified atom stereocenters. The number of hydrogen-bond acceptors (Lipinski definition) is 6. The highest BCUT2D eigenvalue weighted by Crippen LogP contribution is 2.19. The summed E-state index contributed by atoms with van der Waals surface area (Å²) in [4.78, 5) is 21.7. The summed E-state index contributed by atoms with van der Waals surface area (Å²) in [6, 6.07) is 7.35. The lowest BCUT2D eigenvalue weighted by molar-refractivity contribution is -0.133. The summed E-state index contributed by atoms with van der Waals surface area (Å²) >= 11 is 0. The van der Waals surface area contributed by atoms with Gasteiger partial charge in [-0.15, -0.1) is 0 Å². The van der Waals surface area contributed by atoms with E-state index in [1.54, 1.807) is 12.2 Å². The molecule has 1 aromatic rings. The van der Waals surface area contributed by atoms with Gasteiger partial charge in [0, 0.05) is 24.6 Å². The lowest BCUT2D eigenvalue weighted by atomic mass is 10.3. The fourth-order valence-electron chi connectivity index (χ4n) is 1.75. The van der Waals surface area contributed by atoms with E-state index in [1.807, 2.05) is 24.3 Å². The van der Waals surface area contributed by atoms with E-state index in [4.69, 9.17) is 18.9 Å². The van der Waals surface area contributed by atoms with Crippen LogP contribution in [0.25, 0.3) is 0 Å². The third-order valence-electron chi connectivity index (χ3n) is 3.04. The second-order valence-electron chi connectivity index (χ2n) is 5.13. The number of carbonyl (C=O) groups is 2. The van der Waals surface area contributed by atoms with Gasteiger partial charge in [-0.3, -0.25) is 0 Å². The molecule has 0 saturated heterocycles. The molecule has 0 N–H and O–H groups in total. The summed E-state index contributed by atoms with van der Waals surface area (Å²) < 4.78 is 20.7. The van der Waals surface area contributed by atoms with Crippen LogP contribution in [-0.4, -0.2) is 25.2 Å². The van der Waals surface area contributed by atoms with Gasteiger partial charge in [0.2, 0.25) is 0 Å². The van der Waals surface area contributed by atoms with Crippen LogP contribution in [0.1, 0.15) is 19.3 Å². The zero-order valence-corrected chi connectivity index (χ0v) is 15.2. The van der Waals surface area contributed by atoms with Gasteiger partial charge in [-0.25, -0.2) is 9.59 Å². The number of ether oxygens (including phenoxy) is 4. The molecule has 0 heterocycles. The Labute approximate surface area is 159 Å². The predicted molar refractivity (Wildman–Crippen MR) is 102 cm³/mol. The maximum absolute atomic E-state index is 10.8. The van der Waals surface area contributed by atoms with E-state index < -0.39 is 11.9 Å². The fraction of sp³-hybridized carbons (Fsp3) is 0.238. The van der Waals surface area contributed by atoms with Gasteiger partial charge in [0.25, 0.3) is 0 Å². The number of rotatable bonds is 13. The molecule has 1 rings (SSSR count). The molecule has 0 aromatic heterocycles. The van der Waals surface area contributed by atoms with Gasteiger partial charge in [-0.2, -0.15) is 0 Å². The van der Waals surface area contributed by atoms with Crippen LogP contribution >= 0.6 is 0 Å². The molecule has 0 radical (unpaired) electrons. The second-order valence-corrected chi connectivity index (χ2v) is 5.13. The number of carbonyl (C=O) groups excluding carboxylic acids is 2.